The summed E-state index contributed by atoms with van der Waals surface area (Å²) < 4.78 is 13.0. The number of thioether (sulfide) groups is 1. The van der Waals surface area contributed by atoms with Crippen LogP contribution >= 0.6 is 11.8 Å². The van der Waals surface area contributed by atoms with Crippen molar-refractivity contribution in [1.82, 2.24) is 0 Å². The normalized spacial score (nSPS) is 17.6. The van der Waals surface area contributed by atoms with Gasteiger partial charge in [0.1, 0.15) is 5.82 Å². The number of carbonyl (C=O) groups excluding carboxylic acids is 1. The Morgan fingerprint density at radius 1 is 1.16 bits per heavy atom. The summed E-state index contributed by atoms with van der Waals surface area (Å²) >= 11 is 1.63. The second-order valence-electron chi connectivity index (χ2n) is 4.68. The van der Waals surface area contributed by atoms with E-state index in [2.05, 4.69) is 0 Å². The number of benzene rings is 2. The largest absolute Gasteiger partial charge is 0.294 e. The standard InChI is InChI=1S/C16H13FOS/c1-19-12-6-7-13-14(9-16(18)15(13)8-12)10-2-4-11(17)5-3-10/h2-8,14H,9H2,1H3/t14-/m1/s1. The second-order valence-corrected chi connectivity index (χ2v) is 5.56. The molecule has 1 aliphatic rings. The average Bonchev–Trinajstić information content (AvgIpc) is 2.76. The van der Waals surface area contributed by atoms with Crippen molar-refractivity contribution in [1.29, 1.82) is 0 Å². The lowest BCUT2D eigenvalue weighted by Gasteiger charge is -2.11. The van der Waals surface area contributed by atoms with E-state index in [4.69, 9.17) is 0 Å². The second kappa shape index (κ2) is 4.82. The predicted molar refractivity (Wildman–Crippen MR) is 75.4 cm³/mol. The Kier molecular flexibility index (Phi) is 3.15. The average molecular weight is 272 g/mol. The highest BCUT2D eigenvalue weighted by Crippen LogP contribution is 2.39. The molecule has 2 aromatic rings. The van der Waals surface area contributed by atoms with E-state index >= 15 is 0 Å². The molecule has 0 heterocycles. The van der Waals surface area contributed by atoms with Crippen LogP contribution in [0.1, 0.15) is 33.8 Å². The molecular formula is C16H13FOS. The maximum Gasteiger partial charge on any atom is 0.164 e. The van der Waals surface area contributed by atoms with Crippen LogP contribution in [0.3, 0.4) is 0 Å². The van der Waals surface area contributed by atoms with Gasteiger partial charge >= 0.3 is 0 Å². The Bertz CT molecular complexity index is 634. The zero-order valence-electron chi connectivity index (χ0n) is 10.5. The van der Waals surface area contributed by atoms with Gasteiger partial charge in [-0.1, -0.05) is 18.2 Å². The van der Waals surface area contributed by atoms with Crippen molar-refractivity contribution in [2.24, 2.45) is 0 Å². The van der Waals surface area contributed by atoms with Gasteiger partial charge in [0.15, 0.2) is 5.78 Å². The van der Waals surface area contributed by atoms with Crippen LogP contribution in [-0.2, 0) is 0 Å². The molecule has 0 aromatic heterocycles. The molecule has 0 spiro atoms. The minimum Gasteiger partial charge on any atom is -0.294 e. The van der Waals surface area contributed by atoms with Gasteiger partial charge in [0.25, 0.3) is 0 Å². The first-order valence-electron chi connectivity index (χ1n) is 6.15. The molecule has 1 aliphatic carbocycles. The molecule has 0 radical (unpaired) electrons. The first-order valence-corrected chi connectivity index (χ1v) is 7.38. The van der Waals surface area contributed by atoms with Crippen LogP contribution in [0, 0.1) is 5.82 Å². The lowest BCUT2D eigenvalue weighted by Crippen LogP contribution is -1.96. The van der Waals surface area contributed by atoms with Crippen molar-refractivity contribution < 1.29 is 9.18 Å². The molecular weight excluding hydrogens is 259 g/mol. The van der Waals surface area contributed by atoms with Crippen molar-refractivity contribution in [3.05, 3.63) is 65.0 Å². The molecule has 1 nitrogen and oxygen atoms in total. The summed E-state index contributed by atoms with van der Waals surface area (Å²) in [5.74, 6) is 0.00487. The molecule has 3 rings (SSSR count). The highest BCUT2D eigenvalue weighted by atomic mass is 32.2. The topological polar surface area (TPSA) is 17.1 Å². The van der Waals surface area contributed by atoms with E-state index in [0.29, 0.717) is 6.42 Å². The van der Waals surface area contributed by atoms with Crippen LogP contribution in [0.15, 0.2) is 47.4 Å². The summed E-state index contributed by atoms with van der Waals surface area (Å²) in [5, 5.41) is 0. The number of ketones is 1. The molecule has 2 aromatic carbocycles. The van der Waals surface area contributed by atoms with E-state index in [1.54, 1.807) is 23.9 Å². The summed E-state index contributed by atoms with van der Waals surface area (Å²) in [6, 6.07) is 12.5. The van der Waals surface area contributed by atoms with Gasteiger partial charge in [-0.25, -0.2) is 4.39 Å². The molecule has 0 saturated heterocycles. The van der Waals surface area contributed by atoms with E-state index in [1.165, 1.54) is 12.1 Å². The fourth-order valence-corrected chi connectivity index (χ4v) is 3.05. The van der Waals surface area contributed by atoms with Gasteiger partial charge in [-0.05, 0) is 41.6 Å². The summed E-state index contributed by atoms with van der Waals surface area (Å²) in [5.41, 5.74) is 2.89. The van der Waals surface area contributed by atoms with E-state index in [0.717, 1.165) is 21.6 Å². The van der Waals surface area contributed by atoms with E-state index < -0.39 is 0 Å². The first-order chi connectivity index (χ1) is 9.19. The highest BCUT2D eigenvalue weighted by molar-refractivity contribution is 7.98. The van der Waals surface area contributed by atoms with Crippen LogP contribution in [0.5, 0.6) is 0 Å². The third kappa shape index (κ3) is 2.19. The Balaban J connectivity index is 2.04. The van der Waals surface area contributed by atoms with Crippen LogP contribution in [-0.4, -0.2) is 12.0 Å². The Hall–Kier alpha value is -1.61. The maximum absolute atomic E-state index is 13.0. The molecule has 0 unspecified atom stereocenters. The van der Waals surface area contributed by atoms with Crippen molar-refractivity contribution >= 4 is 17.5 Å². The molecule has 19 heavy (non-hydrogen) atoms. The molecule has 0 fully saturated rings. The molecule has 96 valence electrons. The molecule has 0 aliphatic heterocycles. The van der Waals surface area contributed by atoms with Gasteiger partial charge in [-0.2, -0.15) is 0 Å². The molecule has 0 N–H and O–H groups in total. The fraction of sp³-hybridized carbons (Fsp3) is 0.188. The number of carbonyl (C=O) groups is 1. The van der Waals surface area contributed by atoms with Gasteiger partial charge < -0.3 is 0 Å². The smallest absolute Gasteiger partial charge is 0.164 e. The zero-order valence-corrected chi connectivity index (χ0v) is 11.3. The molecule has 0 amide bonds. The van der Waals surface area contributed by atoms with Crippen LogP contribution < -0.4 is 0 Å². The third-order valence-corrected chi connectivity index (χ3v) is 4.32. The van der Waals surface area contributed by atoms with Gasteiger partial charge in [0, 0.05) is 22.8 Å². The predicted octanol–water partition coefficient (Wildman–Crippen LogP) is 4.27. The number of fused-ring (bicyclic) bond motifs is 1. The number of Topliss-reactive ketones (excluding diaryl/α,β-unsaturated/α-hetero) is 1. The van der Waals surface area contributed by atoms with Gasteiger partial charge in [0.2, 0.25) is 0 Å². The number of hydrogen-bond donors (Lipinski definition) is 0. The lowest BCUT2D eigenvalue weighted by molar-refractivity contribution is 0.0991. The van der Waals surface area contributed by atoms with Crippen molar-refractivity contribution in [3.63, 3.8) is 0 Å². The maximum atomic E-state index is 13.0. The monoisotopic (exact) mass is 272 g/mol. The Labute approximate surface area is 115 Å². The van der Waals surface area contributed by atoms with Crippen LogP contribution in [0.25, 0.3) is 0 Å². The van der Waals surface area contributed by atoms with E-state index in [1.807, 2.05) is 24.5 Å². The summed E-state index contributed by atoms with van der Waals surface area (Å²) in [6.07, 6.45) is 2.48. The first kappa shape index (κ1) is 12.4. The molecule has 0 bridgehead atoms. The minimum atomic E-state index is -0.244. The zero-order chi connectivity index (χ0) is 13.4. The Morgan fingerprint density at radius 3 is 2.58 bits per heavy atom. The van der Waals surface area contributed by atoms with Crippen LogP contribution in [0.4, 0.5) is 4.39 Å². The Morgan fingerprint density at radius 2 is 1.89 bits per heavy atom. The van der Waals surface area contributed by atoms with Crippen LogP contribution in [0.2, 0.25) is 0 Å². The van der Waals surface area contributed by atoms with E-state index in [-0.39, 0.29) is 17.5 Å². The number of halogens is 1. The van der Waals surface area contributed by atoms with E-state index in [9.17, 15) is 9.18 Å². The fourth-order valence-electron chi connectivity index (χ4n) is 2.61. The lowest BCUT2D eigenvalue weighted by atomic mass is 9.93. The van der Waals surface area contributed by atoms with Gasteiger partial charge in [0.05, 0.1) is 0 Å². The summed E-state index contributed by atoms with van der Waals surface area (Å²) in [4.78, 5) is 13.2. The van der Waals surface area contributed by atoms with Gasteiger partial charge in [-0.3, -0.25) is 4.79 Å². The molecule has 1 atom stereocenters. The van der Waals surface area contributed by atoms with Crippen molar-refractivity contribution in [2.45, 2.75) is 17.2 Å². The third-order valence-electron chi connectivity index (χ3n) is 3.60. The van der Waals surface area contributed by atoms with Crippen molar-refractivity contribution in [2.75, 3.05) is 6.26 Å². The summed E-state index contributed by atoms with van der Waals surface area (Å²) in [6.45, 7) is 0. The van der Waals surface area contributed by atoms with Crippen molar-refractivity contribution in [3.8, 4) is 0 Å². The SMILES string of the molecule is CSc1ccc2c(c1)C(=O)C[C@@H]2c1ccc(F)cc1. The number of hydrogen-bond acceptors (Lipinski definition) is 2. The highest BCUT2D eigenvalue weighted by Gasteiger charge is 2.30. The summed E-state index contributed by atoms with van der Waals surface area (Å²) in [7, 11) is 0. The quantitative estimate of drug-likeness (QED) is 0.760. The number of rotatable bonds is 2. The molecule has 0 saturated carbocycles. The minimum absolute atomic E-state index is 0.0685. The van der Waals surface area contributed by atoms with Gasteiger partial charge in [-0.15, -0.1) is 11.8 Å². The molecule has 3 heteroatoms.